The smallest absolute Gasteiger partial charge is 0.260 e. The second-order valence-electron chi connectivity index (χ2n) is 10.9. The van der Waals surface area contributed by atoms with Gasteiger partial charge in [-0.25, -0.2) is 4.39 Å². The third-order valence-corrected chi connectivity index (χ3v) is 9.23. The summed E-state index contributed by atoms with van der Waals surface area (Å²) in [6, 6.07) is 18.3. The van der Waals surface area contributed by atoms with Gasteiger partial charge in [-0.2, -0.15) is 0 Å². The number of carbonyl (C=O) groups excluding carboxylic acids is 1. The lowest BCUT2D eigenvalue weighted by Gasteiger charge is -2.45. The predicted molar refractivity (Wildman–Crippen MR) is 168 cm³/mol. The molecule has 1 aliphatic heterocycles. The van der Waals surface area contributed by atoms with Crippen molar-refractivity contribution in [2.45, 2.75) is 89.9 Å². The van der Waals surface area contributed by atoms with E-state index in [0.717, 1.165) is 40.4 Å². The molecule has 0 radical (unpaired) electrons. The molecule has 214 valence electrons. The molecule has 3 aromatic rings. The summed E-state index contributed by atoms with van der Waals surface area (Å²) in [5.74, 6) is -0.389. The zero-order valence-electron chi connectivity index (χ0n) is 24.1. The van der Waals surface area contributed by atoms with Crippen molar-refractivity contribution < 1.29 is 19.0 Å². The van der Waals surface area contributed by atoms with Crippen LogP contribution in [0.25, 0.3) is 0 Å². The van der Waals surface area contributed by atoms with Gasteiger partial charge < -0.3 is 14.7 Å². The summed E-state index contributed by atoms with van der Waals surface area (Å²) >= 11 is 2.36. The van der Waals surface area contributed by atoms with E-state index >= 15 is 0 Å². The second kappa shape index (κ2) is 13.6. The zero-order valence-corrected chi connectivity index (χ0v) is 26.2. The summed E-state index contributed by atoms with van der Waals surface area (Å²) in [5, 5.41) is 12.4. The Hall–Kier alpha value is -2.29. The van der Waals surface area contributed by atoms with Crippen LogP contribution < -0.4 is 4.90 Å². The average Bonchev–Trinajstić information content (AvgIpc) is 2.95. The lowest BCUT2D eigenvalue weighted by atomic mass is 9.75. The van der Waals surface area contributed by atoms with Crippen molar-refractivity contribution in [2.75, 3.05) is 12.0 Å². The Morgan fingerprint density at radius 2 is 1.77 bits per heavy atom. The van der Waals surface area contributed by atoms with Gasteiger partial charge in [0, 0.05) is 16.2 Å². The molecule has 0 fully saturated rings. The molecule has 3 aromatic carbocycles. The minimum Gasteiger partial charge on any atom is -0.377 e. The predicted octanol–water partition coefficient (Wildman–Crippen LogP) is 8.25. The minimum atomic E-state index is -1.76. The minimum absolute atomic E-state index is 0.321. The highest BCUT2D eigenvalue weighted by atomic mass is 127. The molecule has 0 bridgehead atoms. The second-order valence-corrected chi connectivity index (χ2v) is 12.0. The van der Waals surface area contributed by atoms with Crippen LogP contribution in [0.3, 0.4) is 0 Å². The van der Waals surface area contributed by atoms with Gasteiger partial charge in [0.2, 0.25) is 0 Å². The van der Waals surface area contributed by atoms with Crippen molar-refractivity contribution >= 4 is 34.2 Å². The lowest BCUT2D eigenvalue weighted by Crippen LogP contribution is -2.57. The van der Waals surface area contributed by atoms with Crippen LogP contribution in [0.2, 0.25) is 0 Å². The highest BCUT2D eigenvalue weighted by Gasteiger charge is 2.52. The summed E-state index contributed by atoms with van der Waals surface area (Å²) in [4.78, 5) is 15.8. The van der Waals surface area contributed by atoms with E-state index in [1.165, 1.54) is 44.1 Å². The number of aryl methyl sites for hydroxylation is 1. The summed E-state index contributed by atoms with van der Waals surface area (Å²) in [6.45, 7) is 6.92. The van der Waals surface area contributed by atoms with Gasteiger partial charge in [-0.1, -0.05) is 76.4 Å². The highest BCUT2D eigenvalue weighted by Crippen LogP contribution is 2.46. The third kappa shape index (κ3) is 6.14. The number of carbonyl (C=O) groups is 1. The van der Waals surface area contributed by atoms with E-state index in [1.807, 2.05) is 12.1 Å². The molecule has 0 saturated heterocycles. The molecule has 0 aromatic heterocycles. The molecular formula is C34H41FINO3. The van der Waals surface area contributed by atoms with Crippen molar-refractivity contribution in [3.05, 3.63) is 97.9 Å². The summed E-state index contributed by atoms with van der Waals surface area (Å²) in [5.41, 5.74) is 3.41. The molecule has 4 nitrogen and oxygen atoms in total. The Balaban J connectivity index is 1.82. The van der Waals surface area contributed by atoms with Gasteiger partial charge in [0.1, 0.15) is 5.82 Å². The van der Waals surface area contributed by atoms with E-state index in [1.54, 1.807) is 17.0 Å². The van der Waals surface area contributed by atoms with Crippen molar-refractivity contribution in [1.82, 2.24) is 0 Å². The van der Waals surface area contributed by atoms with Gasteiger partial charge in [0.25, 0.3) is 5.91 Å². The number of nitrogens with zero attached hydrogens (tertiary/aromatic N) is 1. The molecule has 0 aliphatic carbocycles. The van der Waals surface area contributed by atoms with E-state index in [9.17, 15) is 14.3 Å². The third-order valence-electron chi connectivity index (χ3n) is 8.23. The van der Waals surface area contributed by atoms with Gasteiger partial charge >= 0.3 is 0 Å². The normalized spacial score (nSPS) is 19.5. The van der Waals surface area contributed by atoms with E-state index in [-0.39, 0.29) is 5.91 Å². The highest BCUT2D eigenvalue weighted by molar-refractivity contribution is 14.1. The molecule has 1 aliphatic rings. The summed E-state index contributed by atoms with van der Waals surface area (Å²) in [6.07, 6.45) is 6.49. The van der Waals surface area contributed by atoms with Crippen molar-refractivity contribution in [2.24, 2.45) is 0 Å². The molecule has 0 spiro atoms. The van der Waals surface area contributed by atoms with E-state index in [4.69, 9.17) is 4.74 Å². The molecule has 1 heterocycles. The van der Waals surface area contributed by atoms with E-state index in [2.05, 4.69) is 67.6 Å². The molecule has 0 saturated carbocycles. The van der Waals surface area contributed by atoms with E-state index < -0.39 is 17.5 Å². The molecule has 3 unspecified atom stereocenters. The Morgan fingerprint density at radius 1 is 1.02 bits per heavy atom. The Morgan fingerprint density at radius 3 is 2.40 bits per heavy atom. The maximum Gasteiger partial charge on any atom is 0.260 e. The SMILES string of the molecule is CCCCCc1ccc(CN2C(=O)C(OC)C(O)(c3ccc(F)cc3)c3cc(C(CC)CCC)ccc32)c(I)c1. The standard InChI is InChI=1S/C34H41FINO3/c1-5-8-9-11-23-12-13-26(30(36)20-23)22-37-31-19-14-25(24(7-3)10-6-2)21-29(31)34(39,32(40-4)33(37)38)27-15-17-28(35)18-16-27/h12-21,24,32,39H,5-11,22H2,1-4H3. The fourth-order valence-corrected chi connectivity index (χ4v) is 6.70. The van der Waals surface area contributed by atoms with Crippen LogP contribution in [0.15, 0.2) is 60.7 Å². The fourth-order valence-electron chi connectivity index (χ4n) is 5.95. The number of unbranched alkanes of at least 4 members (excludes halogenated alkanes) is 2. The first-order chi connectivity index (χ1) is 19.3. The maximum absolute atomic E-state index is 14.1. The van der Waals surface area contributed by atoms with Crippen molar-refractivity contribution in [3.8, 4) is 0 Å². The number of fused-ring (bicyclic) bond motifs is 1. The van der Waals surface area contributed by atoms with Crippen molar-refractivity contribution in [1.29, 1.82) is 0 Å². The molecule has 1 N–H and O–H groups in total. The van der Waals surface area contributed by atoms with Crippen LogP contribution >= 0.6 is 22.6 Å². The molecule has 40 heavy (non-hydrogen) atoms. The van der Waals surface area contributed by atoms with Crippen LogP contribution in [0.5, 0.6) is 0 Å². The summed E-state index contributed by atoms with van der Waals surface area (Å²) in [7, 11) is 1.45. The number of ether oxygens (including phenoxy) is 1. The quantitative estimate of drug-likeness (QED) is 0.158. The number of methoxy groups -OCH3 is 1. The Bertz CT molecular complexity index is 1310. The van der Waals surface area contributed by atoms with Gasteiger partial charge in [-0.05, 0) is 101 Å². The number of amides is 1. The van der Waals surface area contributed by atoms with Crippen LogP contribution in [0, 0.1) is 9.39 Å². The van der Waals surface area contributed by atoms with Crippen LogP contribution in [-0.4, -0.2) is 24.2 Å². The molecular weight excluding hydrogens is 616 g/mol. The number of benzene rings is 3. The van der Waals surface area contributed by atoms with Gasteiger partial charge in [0.05, 0.1) is 12.2 Å². The first kappa shape index (κ1) is 30.7. The molecule has 4 rings (SSSR count). The van der Waals surface area contributed by atoms with E-state index in [0.29, 0.717) is 29.3 Å². The van der Waals surface area contributed by atoms with Gasteiger partial charge in [-0.3, -0.25) is 4.79 Å². The first-order valence-corrected chi connectivity index (χ1v) is 15.6. The largest absolute Gasteiger partial charge is 0.377 e. The van der Waals surface area contributed by atoms with Crippen LogP contribution in [0.4, 0.5) is 10.1 Å². The monoisotopic (exact) mass is 657 g/mol. The number of hydrogen-bond acceptors (Lipinski definition) is 3. The summed E-state index contributed by atoms with van der Waals surface area (Å²) < 4.78 is 20.8. The Labute approximate surface area is 252 Å². The average molecular weight is 658 g/mol. The van der Waals surface area contributed by atoms with Gasteiger partial charge in [0.15, 0.2) is 11.7 Å². The van der Waals surface area contributed by atoms with Crippen LogP contribution in [-0.2, 0) is 28.1 Å². The zero-order chi connectivity index (χ0) is 28.9. The first-order valence-electron chi connectivity index (χ1n) is 14.5. The lowest BCUT2D eigenvalue weighted by molar-refractivity contribution is -0.145. The topological polar surface area (TPSA) is 49.8 Å². The molecule has 1 amide bonds. The number of rotatable bonds is 12. The maximum atomic E-state index is 14.1. The number of anilines is 1. The van der Waals surface area contributed by atoms with Crippen molar-refractivity contribution in [3.63, 3.8) is 0 Å². The number of hydrogen-bond donors (Lipinski definition) is 1. The molecule has 6 heteroatoms. The van der Waals surface area contributed by atoms with Gasteiger partial charge in [-0.15, -0.1) is 0 Å². The number of halogens is 2. The fraction of sp³-hybridized carbons (Fsp3) is 0.441. The Kier molecular flexibility index (Phi) is 10.4. The number of aliphatic hydroxyl groups is 1. The van der Waals surface area contributed by atoms with Crippen LogP contribution in [0.1, 0.15) is 93.0 Å². The molecule has 3 atom stereocenters.